The van der Waals surface area contributed by atoms with E-state index < -0.39 is 6.04 Å². The standard InChI is InChI=1S/C13H19N5O2/c1-4-10-13(20)15-11(19)6-18(10)12-9(5-14)7(2)8(3)16-17-12/h10H,4-6,14H2,1-3H3,(H,15,19,20). The molecule has 0 bridgehead atoms. The number of hydrogen-bond donors (Lipinski definition) is 2. The first-order valence-electron chi connectivity index (χ1n) is 6.62. The van der Waals surface area contributed by atoms with Crippen LogP contribution in [0.15, 0.2) is 0 Å². The molecule has 20 heavy (non-hydrogen) atoms. The number of hydrogen-bond acceptors (Lipinski definition) is 6. The Morgan fingerprint density at radius 3 is 2.65 bits per heavy atom. The van der Waals surface area contributed by atoms with Gasteiger partial charge in [0.1, 0.15) is 6.04 Å². The Labute approximate surface area is 117 Å². The molecule has 1 aliphatic heterocycles. The predicted octanol–water partition coefficient (Wildman–Crippen LogP) is -0.206. The van der Waals surface area contributed by atoms with E-state index in [1.807, 2.05) is 20.8 Å². The second kappa shape index (κ2) is 5.54. The van der Waals surface area contributed by atoms with Gasteiger partial charge in [-0.15, -0.1) is 5.10 Å². The van der Waals surface area contributed by atoms with Gasteiger partial charge in [-0.3, -0.25) is 14.9 Å². The zero-order valence-electron chi connectivity index (χ0n) is 11.9. The first-order valence-corrected chi connectivity index (χ1v) is 6.62. The van der Waals surface area contributed by atoms with Crippen LogP contribution in [0.4, 0.5) is 5.82 Å². The summed E-state index contributed by atoms with van der Waals surface area (Å²) >= 11 is 0. The molecule has 1 saturated heterocycles. The van der Waals surface area contributed by atoms with Crippen LogP contribution in [0.1, 0.15) is 30.2 Å². The minimum Gasteiger partial charge on any atom is -0.333 e. The molecular weight excluding hydrogens is 258 g/mol. The molecule has 2 amide bonds. The van der Waals surface area contributed by atoms with Gasteiger partial charge in [0.2, 0.25) is 11.8 Å². The van der Waals surface area contributed by atoms with E-state index in [1.54, 1.807) is 4.90 Å². The molecule has 1 fully saturated rings. The second-order valence-corrected chi connectivity index (χ2v) is 4.88. The monoisotopic (exact) mass is 277 g/mol. The van der Waals surface area contributed by atoms with Crippen molar-refractivity contribution in [1.29, 1.82) is 0 Å². The lowest BCUT2D eigenvalue weighted by Gasteiger charge is -2.35. The molecule has 2 rings (SSSR count). The number of aromatic nitrogens is 2. The van der Waals surface area contributed by atoms with Crippen molar-refractivity contribution in [1.82, 2.24) is 15.5 Å². The Kier molecular flexibility index (Phi) is 3.99. The highest BCUT2D eigenvalue weighted by Crippen LogP contribution is 2.25. The predicted molar refractivity (Wildman–Crippen MR) is 74.0 cm³/mol. The van der Waals surface area contributed by atoms with Crippen molar-refractivity contribution in [2.75, 3.05) is 11.4 Å². The zero-order valence-corrected chi connectivity index (χ0v) is 11.9. The summed E-state index contributed by atoms with van der Waals surface area (Å²) in [5.41, 5.74) is 8.39. The van der Waals surface area contributed by atoms with Gasteiger partial charge in [0.25, 0.3) is 0 Å². The maximum absolute atomic E-state index is 11.9. The smallest absolute Gasteiger partial charge is 0.249 e. The fourth-order valence-corrected chi connectivity index (χ4v) is 2.41. The van der Waals surface area contributed by atoms with Crippen molar-refractivity contribution in [3.63, 3.8) is 0 Å². The van der Waals surface area contributed by atoms with Crippen LogP contribution in [0.5, 0.6) is 0 Å². The van der Waals surface area contributed by atoms with Gasteiger partial charge < -0.3 is 10.6 Å². The van der Waals surface area contributed by atoms with Crippen LogP contribution in [-0.4, -0.2) is 34.6 Å². The van der Waals surface area contributed by atoms with Gasteiger partial charge in [-0.1, -0.05) is 6.92 Å². The average Bonchev–Trinajstić information content (AvgIpc) is 2.41. The summed E-state index contributed by atoms with van der Waals surface area (Å²) in [5, 5.41) is 10.6. The number of rotatable bonds is 3. The summed E-state index contributed by atoms with van der Waals surface area (Å²) in [6.07, 6.45) is 0.581. The Hall–Kier alpha value is -2.02. The summed E-state index contributed by atoms with van der Waals surface area (Å²) in [6, 6.07) is -0.422. The number of imide groups is 1. The minimum atomic E-state index is -0.422. The van der Waals surface area contributed by atoms with E-state index >= 15 is 0 Å². The number of piperazine rings is 1. The molecule has 7 heteroatoms. The minimum absolute atomic E-state index is 0.0917. The van der Waals surface area contributed by atoms with Crippen LogP contribution in [0.2, 0.25) is 0 Å². The molecule has 1 aromatic heterocycles. The molecule has 0 spiro atoms. The van der Waals surface area contributed by atoms with Crippen LogP contribution < -0.4 is 16.0 Å². The molecule has 0 radical (unpaired) electrons. The van der Waals surface area contributed by atoms with Crippen LogP contribution in [0, 0.1) is 13.8 Å². The maximum atomic E-state index is 11.9. The fraction of sp³-hybridized carbons (Fsp3) is 0.538. The number of carbonyl (C=O) groups excluding carboxylic acids is 2. The molecule has 0 aromatic carbocycles. The summed E-state index contributed by atoms with van der Waals surface area (Å²) in [7, 11) is 0. The Morgan fingerprint density at radius 1 is 1.35 bits per heavy atom. The lowest BCUT2D eigenvalue weighted by atomic mass is 10.1. The summed E-state index contributed by atoms with van der Waals surface area (Å²) in [5.74, 6) is -0.0971. The van der Waals surface area contributed by atoms with Crippen molar-refractivity contribution in [2.45, 2.75) is 39.8 Å². The lowest BCUT2D eigenvalue weighted by Crippen LogP contribution is -2.58. The summed E-state index contributed by atoms with van der Waals surface area (Å²) < 4.78 is 0. The van der Waals surface area contributed by atoms with E-state index in [-0.39, 0.29) is 18.4 Å². The SMILES string of the molecule is CCC1C(=O)NC(=O)CN1c1nnc(C)c(C)c1CN. The molecule has 7 nitrogen and oxygen atoms in total. The molecular formula is C13H19N5O2. The molecule has 1 aromatic rings. The number of amides is 2. The van der Waals surface area contributed by atoms with Crippen LogP contribution in [-0.2, 0) is 16.1 Å². The van der Waals surface area contributed by atoms with Crippen molar-refractivity contribution in [2.24, 2.45) is 5.73 Å². The van der Waals surface area contributed by atoms with Gasteiger partial charge >= 0.3 is 0 Å². The second-order valence-electron chi connectivity index (χ2n) is 4.88. The van der Waals surface area contributed by atoms with Gasteiger partial charge in [0.05, 0.1) is 12.2 Å². The van der Waals surface area contributed by atoms with E-state index in [2.05, 4.69) is 15.5 Å². The normalized spacial score (nSPS) is 19.2. The number of nitrogens with two attached hydrogens (primary N) is 1. The van der Waals surface area contributed by atoms with Crippen molar-refractivity contribution in [3.05, 3.63) is 16.8 Å². The molecule has 1 unspecified atom stereocenters. The van der Waals surface area contributed by atoms with Gasteiger partial charge in [-0.2, -0.15) is 5.10 Å². The van der Waals surface area contributed by atoms with E-state index in [1.165, 1.54) is 0 Å². The van der Waals surface area contributed by atoms with Gasteiger partial charge in [-0.25, -0.2) is 0 Å². The largest absolute Gasteiger partial charge is 0.333 e. The van der Waals surface area contributed by atoms with Gasteiger partial charge in [0, 0.05) is 12.1 Å². The van der Waals surface area contributed by atoms with Crippen LogP contribution in [0.3, 0.4) is 0 Å². The highest BCUT2D eigenvalue weighted by Gasteiger charge is 2.34. The zero-order chi connectivity index (χ0) is 14.9. The fourth-order valence-electron chi connectivity index (χ4n) is 2.41. The number of anilines is 1. The van der Waals surface area contributed by atoms with E-state index in [0.29, 0.717) is 18.8 Å². The molecule has 3 N–H and O–H groups in total. The van der Waals surface area contributed by atoms with Gasteiger partial charge in [-0.05, 0) is 25.8 Å². The quantitative estimate of drug-likeness (QED) is 0.742. The van der Waals surface area contributed by atoms with Crippen molar-refractivity contribution in [3.8, 4) is 0 Å². The van der Waals surface area contributed by atoms with Gasteiger partial charge in [0.15, 0.2) is 5.82 Å². The first-order chi connectivity index (χ1) is 9.49. The summed E-state index contributed by atoms with van der Waals surface area (Å²) in [4.78, 5) is 25.2. The van der Waals surface area contributed by atoms with E-state index in [4.69, 9.17) is 5.73 Å². The Morgan fingerprint density at radius 2 is 2.05 bits per heavy atom. The highest BCUT2D eigenvalue weighted by atomic mass is 16.2. The third kappa shape index (κ3) is 2.36. The number of carbonyl (C=O) groups is 2. The van der Waals surface area contributed by atoms with Crippen LogP contribution in [0.25, 0.3) is 0 Å². The third-order valence-electron chi connectivity index (χ3n) is 3.68. The number of nitrogens with zero attached hydrogens (tertiary/aromatic N) is 3. The maximum Gasteiger partial charge on any atom is 0.249 e. The lowest BCUT2D eigenvalue weighted by molar-refractivity contribution is -0.132. The number of nitrogens with one attached hydrogen (secondary N) is 1. The van der Waals surface area contributed by atoms with E-state index in [9.17, 15) is 9.59 Å². The molecule has 108 valence electrons. The average molecular weight is 277 g/mol. The Balaban J connectivity index is 2.50. The van der Waals surface area contributed by atoms with Crippen molar-refractivity contribution < 1.29 is 9.59 Å². The molecule has 2 heterocycles. The molecule has 1 atom stereocenters. The topological polar surface area (TPSA) is 101 Å². The molecule has 0 aliphatic carbocycles. The Bertz CT molecular complexity index is 558. The first kappa shape index (κ1) is 14.4. The summed E-state index contributed by atoms with van der Waals surface area (Å²) in [6.45, 7) is 6.05. The van der Waals surface area contributed by atoms with Crippen LogP contribution >= 0.6 is 0 Å². The highest BCUT2D eigenvalue weighted by molar-refractivity contribution is 6.04. The van der Waals surface area contributed by atoms with E-state index in [0.717, 1.165) is 16.8 Å². The molecule has 0 saturated carbocycles. The third-order valence-corrected chi connectivity index (χ3v) is 3.68. The van der Waals surface area contributed by atoms with Crippen molar-refractivity contribution >= 4 is 17.6 Å². The molecule has 1 aliphatic rings. The number of aryl methyl sites for hydroxylation is 1.